The summed E-state index contributed by atoms with van der Waals surface area (Å²) < 4.78 is 0. The maximum Gasteiger partial charge on any atom is 0.187 e. The average molecular weight is 253 g/mol. The number of carbonyl (C=O) groups is 1. The molecule has 1 aromatic carbocycles. The summed E-state index contributed by atoms with van der Waals surface area (Å²) in [5.74, 6) is 0.273. The molecular formula is C15H15N3O. The van der Waals surface area contributed by atoms with Crippen LogP contribution in [0, 0.1) is 0 Å². The molecule has 0 radical (unpaired) electrons. The number of nitrogens with one attached hydrogen (secondary N) is 1. The number of aromatic nitrogens is 1. The molecule has 0 aliphatic carbocycles. The van der Waals surface area contributed by atoms with Crippen molar-refractivity contribution in [3.05, 3.63) is 59.3 Å². The summed E-state index contributed by atoms with van der Waals surface area (Å²) in [5, 5.41) is 3.27. The molecule has 1 unspecified atom stereocenters. The number of nitrogens with two attached hydrogens (primary N) is 1. The lowest BCUT2D eigenvalue weighted by molar-refractivity contribution is 0.0940. The summed E-state index contributed by atoms with van der Waals surface area (Å²) in [6, 6.07) is 11.2. The highest BCUT2D eigenvalue weighted by molar-refractivity contribution is 6.04. The summed E-state index contributed by atoms with van der Waals surface area (Å²) in [6.45, 7) is 0.799. The van der Waals surface area contributed by atoms with Gasteiger partial charge in [-0.3, -0.25) is 4.79 Å². The Morgan fingerprint density at radius 1 is 1.26 bits per heavy atom. The van der Waals surface area contributed by atoms with Gasteiger partial charge in [-0.15, -0.1) is 0 Å². The van der Waals surface area contributed by atoms with Gasteiger partial charge in [0.1, 0.15) is 5.82 Å². The molecule has 0 amide bonds. The van der Waals surface area contributed by atoms with Crippen molar-refractivity contribution in [2.24, 2.45) is 0 Å². The highest BCUT2D eigenvalue weighted by Crippen LogP contribution is 2.26. The predicted molar refractivity (Wildman–Crippen MR) is 73.9 cm³/mol. The Labute approximate surface area is 111 Å². The van der Waals surface area contributed by atoms with Crippen molar-refractivity contribution in [1.82, 2.24) is 10.3 Å². The van der Waals surface area contributed by atoms with E-state index in [0.29, 0.717) is 5.56 Å². The number of ketones is 1. The number of benzene rings is 1. The first kappa shape index (κ1) is 11.9. The van der Waals surface area contributed by atoms with Crippen molar-refractivity contribution in [3.8, 4) is 0 Å². The SMILES string of the molecule is Nc1ncccc1C(=O)C1NCCc2ccccc21. The van der Waals surface area contributed by atoms with Crippen LogP contribution in [0.2, 0.25) is 0 Å². The van der Waals surface area contributed by atoms with Gasteiger partial charge in [0.25, 0.3) is 0 Å². The molecule has 0 saturated carbocycles. The van der Waals surface area contributed by atoms with Crippen molar-refractivity contribution >= 4 is 11.6 Å². The quantitative estimate of drug-likeness (QED) is 0.800. The zero-order valence-electron chi connectivity index (χ0n) is 10.5. The van der Waals surface area contributed by atoms with E-state index in [-0.39, 0.29) is 17.6 Å². The fourth-order valence-corrected chi connectivity index (χ4v) is 2.52. The van der Waals surface area contributed by atoms with Crippen molar-refractivity contribution in [2.75, 3.05) is 12.3 Å². The first-order chi connectivity index (χ1) is 9.27. The van der Waals surface area contributed by atoms with Crippen molar-refractivity contribution in [3.63, 3.8) is 0 Å². The van der Waals surface area contributed by atoms with Gasteiger partial charge in [-0.25, -0.2) is 4.98 Å². The number of nitrogens with zero attached hydrogens (tertiary/aromatic N) is 1. The second kappa shape index (κ2) is 4.82. The van der Waals surface area contributed by atoms with Crippen LogP contribution in [0.25, 0.3) is 0 Å². The summed E-state index contributed by atoms with van der Waals surface area (Å²) >= 11 is 0. The zero-order valence-corrected chi connectivity index (χ0v) is 10.5. The number of hydrogen-bond donors (Lipinski definition) is 2. The van der Waals surface area contributed by atoms with E-state index in [1.165, 1.54) is 5.56 Å². The summed E-state index contributed by atoms with van der Waals surface area (Å²) in [5.41, 5.74) is 8.54. The van der Waals surface area contributed by atoms with Crippen LogP contribution < -0.4 is 11.1 Å². The molecule has 0 bridgehead atoms. The third-order valence-electron chi connectivity index (χ3n) is 3.48. The fraction of sp³-hybridized carbons (Fsp3) is 0.200. The number of carbonyl (C=O) groups excluding carboxylic acids is 1. The lowest BCUT2D eigenvalue weighted by Gasteiger charge is -2.26. The Balaban J connectivity index is 2.00. The number of Topliss-reactive ketones (excluding diaryl/α,β-unsaturated/α-hetero) is 1. The van der Waals surface area contributed by atoms with Gasteiger partial charge in [-0.2, -0.15) is 0 Å². The molecule has 2 aromatic rings. The molecular weight excluding hydrogens is 238 g/mol. The van der Waals surface area contributed by atoms with Crippen LogP contribution in [0.15, 0.2) is 42.6 Å². The van der Waals surface area contributed by atoms with E-state index in [1.54, 1.807) is 18.3 Å². The van der Waals surface area contributed by atoms with Gasteiger partial charge in [0.05, 0.1) is 11.6 Å². The molecule has 4 nitrogen and oxygen atoms in total. The maximum atomic E-state index is 12.6. The van der Waals surface area contributed by atoms with E-state index in [4.69, 9.17) is 5.73 Å². The van der Waals surface area contributed by atoms with E-state index in [2.05, 4.69) is 16.4 Å². The highest BCUT2D eigenvalue weighted by Gasteiger charge is 2.27. The van der Waals surface area contributed by atoms with Crippen molar-refractivity contribution in [1.29, 1.82) is 0 Å². The first-order valence-electron chi connectivity index (χ1n) is 6.33. The topological polar surface area (TPSA) is 68.0 Å². The van der Waals surface area contributed by atoms with E-state index in [9.17, 15) is 4.79 Å². The van der Waals surface area contributed by atoms with E-state index < -0.39 is 0 Å². The highest BCUT2D eigenvalue weighted by atomic mass is 16.1. The molecule has 96 valence electrons. The van der Waals surface area contributed by atoms with E-state index >= 15 is 0 Å². The number of nitrogen functional groups attached to an aromatic ring is 1. The predicted octanol–water partition coefficient (Wildman–Crippen LogP) is 1.73. The Morgan fingerprint density at radius 2 is 2.11 bits per heavy atom. The largest absolute Gasteiger partial charge is 0.383 e. The standard InChI is InChI=1S/C15H15N3O/c16-15-12(6-3-8-18-15)14(19)13-11-5-2-1-4-10(11)7-9-17-13/h1-6,8,13,17H,7,9H2,(H2,16,18). The number of hydrogen-bond acceptors (Lipinski definition) is 4. The van der Waals surface area contributed by atoms with Gasteiger partial charge in [0.15, 0.2) is 5.78 Å². The van der Waals surface area contributed by atoms with Crippen LogP contribution in [-0.4, -0.2) is 17.3 Å². The van der Waals surface area contributed by atoms with Crippen LogP contribution in [0.4, 0.5) is 5.82 Å². The molecule has 0 spiro atoms. The van der Waals surface area contributed by atoms with Crippen LogP contribution in [0.1, 0.15) is 27.5 Å². The Bertz CT molecular complexity index is 624. The molecule has 1 aliphatic heterocycles. The average Bonchev–Trinajstić information content (AvgIpc) is 2.46. The molecule has 0 fully saturated rings. The monoisotopic (exact) mass is 253 g/mol. The number of pyridine rings is 1. The van der Waals surface area contributed by atoms with Crippen LogP contribution >= 0.6 is 0 Å². The Kier molecular flexibility index (Phi) is 3.01. The smallest absolute Gasteiger partial charge is 0.187 e. The number of fused-ring (bicyclic) bond motifs is 1. The van der Waals surface area contributed by atoms with Gasteiger partial charge >= 0.3 is 0 Å². The van der Waals surface area contributed by atoms with Gasteiger partial charge in [-0.05, 0) is 29.7 Å². The van der Waals surface area contributed by atoms with Gasteiger partial charge in [0.2, 0.25) is 0 Å². The zero-order chi connectivity index (χ0) is 13.2. The molecule has 1 aromatic heterocycles. The van der Waals surface area contributed by atoms with Crippen LogP contribution in [-0.2, 0) is 6.42 Å². The molecule has 1 atom stereocenters. The molecule has 3 N–H and O–H groups in total. The minimum absolute atomic E-state index is 0.0160. The second-order valence-electron chi connectivity index (χ2n) is 4.64. The summed E-state index contributed by atoms with van der Waals surface area (Å²) in [7, 11) is 0. The molecule has 19 heavy (non-hydrogen) atoms. The maximum absolute atomic E-state index is 12.6. The number of rotatable bonds is 2. The minimum Gasteiger partial charge on any atom is -0.383 e. The fourth-order valence-electron chi connectivity index (χ4n) is 2.52. The molecule has 0 saturated heterocycles. The molecule has 1 aliphatic rings. The minimum atomic E-state index is -0.323. The Morgan fingerprint density at radius 3 is 2.95 bits per heavy atom. The lowest BCUT2D eigenvalue weighted by Crippen LogP contribution is -2.35. The molecule has 3 rings (SSSR count). The summed E-state index contributed by atoms with van der Waals surface area (Å²) in [6.07, 6.45) is 2.54. The molecule has 2 heterocycles. The summed E-state index contributed by atoms with van der Waals surface area (Å²) in [4.78, 5) is 16.6. The van der Waals surface area contributed by atoms with Gasteiger partial charge < -0.3 is 11.1 Å². The van der Waals surface area contributed by atoms with Gasteiger partial charge in [-0.1, -0.05) is 24.3 Å². The second-order valence-corrected chi connectivity index (χ2v) is 4.64. The van der Waals surface area contributed by atoms with E-state index in [0.717, 1.165) is 18.5 Å². The number of anilines is 1. The third kappa shape index (κ3) is 2.11. The first-order valence-corrected chi connectivity index (χ1v) is 6.33. The third-order valence-corrected chi connectivity index (χ3v) is 3.48. The van der Waals surface area contributed by atoms with Gasteiger partial charge in [0, 0.05) is 12.7 Å². The Hall–Kier alpha value is -2.20. The van der Waals surface area contributed by atoms with Crippen LogP contribution in [0.5, 0.6) is 0 Å². The molecule has 4 heteroatoms. The normalized spacial score (nSPS) is 17.8. The van der Waals surface area contributed by atoms with Crippen molar-refractivity contribution in [2.45, 2.75) is 12.5 Å². The van der Waals surface area contributed by atoms with E-state index in [1.807, 2.05) is 18.2 Å². The van der Waals surface area contributed by atoms with Crippen LogP contribution in [0.3, 0.4) is 0 Å². The van der Waals surface area contributed by atoms with Crippen molar-refractivity contribution < 1.29 is 4.79 Å². The lowest BCUT2D eigenvalue weighted by atomic mass is 9.90.